The van der Waals surface area contributed by atoms with Crippen molar-refractivity contribution in [1.82, 2.24) is 5.43 Å². The number of hydrogen-bond acceptors (Lipinski definition) is 5. The van der Waals surface area contributed by atoms with Crippen molar-refractivity contribution < 1.29 is 19.1 Å². The molecule has 3 rings (SSSR count). The number of hydrogen-bond donors (Lipinski definition) is 2. The molecule has 0 aliphatic heterocycles. The molecule has 7 nitrogen and oxygen atoms in total. The quantitative estimate of drug-likeness (QED) is 0.465. The standard InChI is InChI=1S/C23H21N3O4/c1-29-20-11-3-16(4-12-20)15-24-26-23(28)18-5-9-19(10-6-18)25-22(27)17-7-13-21(30-2)14-8-17/h3-15H,1-2H3,(H,25,27)(H,26,28)/b24-15+. The summed E-state index contributed by atoms with van der Waals surface area (Å²) >= 11 is 0. The molecular formula is C23H21N3O4. The van der Waals surface area contributed by atoms with Gasteiger partial charge in [0.2, 0.25) is 0 Å². The number of amides is 2. The molecule has 0 heterocycles. The van der Waals surface area contributed by atoms with Gasteiger partial charge in [-0.3, -0.25) is 9.59 Å². The van der Waals surface area contributed by atoms with Crippen LogP contribution in [0.15, 0.2) is 77.9 Å². The third-order valence-electron chi connectivity index (χ3n) is 4.25. The number of ether oxygens (including phenoxy) is 2. The number of benzene rings is 3. The van der Waals surface area contributed by atoms with E-state index in [-0.39, 0.29) is 11.8 Å². The number of hydrazone groups is 1. The fourth-order valence-electron chi connectivity index (χ4n) is 2.57. The van der Waals surface area contributed by atoms with Gasteiger partial charge in [-0.05, 0) is 78.4 Å². The molecule has 0 aromatic heterocycles. The number of carbonyl (C=O) groups excluding carboxylic acids is 2. The molecule has 7 heteroatoms. The summed E-state index contributed by atoms with van der Waals surface area (Å²) in [6.07, 6.45) is 1.54. The van der Waals surface area contributed by atoms with Crippen molar-refractivity contribution in [2.75, 3.05) is 19.5 Å². The Kier molecular flexibility index (Phi) is 6.78. The molecular weight excluding hydrogens is 382 g/mol. The van der Waals surface area contributed by atoms with E-state index in [4.69, 9.17) is 9.47 Å². The number of nitrogens with zero attached hydrogens (tertiary/aromatic N) is 1. The zero-order valence-corrected chi connectivity index (χ0v) is 16.6. The molecule has 3 aromatic carbocycles. The lowest BCUT2D eigenvalue weighted by molar-refractivity contribution is 0.0954. The van der Waals surface area contributed by atoms with Crippen LogP contribution in [0.5, 0.6) is 11.5 Å². The SMILES string of the molecule is COc1ccc(/C=N/NC(=O)c2ccc(NC(=O)c3ccc(OC)cc3)cc2)cc1. The third-order valence-corrected chi connectivity index (χ3v) is 4.25. The molecule has 0 saturated heterocycles. The van der Waals surface area contributed by atoms with Gasteiger partial charge in [0.05, 0.1) is 20.4 Å². The Labute approximate surface area is 174 Å². The summed E-state index contributed by atoms with van der Waals surface area (Å²) in [5, 5.41) is 6.74. The molecule has 0 atom stereocenters. The van der Waals surface area contributed by atoms with Gasteiger partial charge in [-0.2, -0.15) is 5.10 Å². The Morgan fingerprint density at radius 2 is 1.23 bits per heavy atom. The molecule has 0 aliphatic carbocycles. The van der Waals surface area contributed by atoms with Crippen LogP contribution >= 0.6 is 0 Å². The van der Waals surface area contributed by atoms with E-state index in [1.54, 1.807) is 69.0 Å². The number of rotatable bonds is 7. The minimum absolute atomic E-state index is 0.251. The predicted octanol–water partition coefficient (Wildman–Crippen LogP) is 3.72. The van der Waals surface area contributed by atoms with Crippen molar-refractivity contribution in [1.29, 1.82) is 0 Å². The molecule has 152 valence electrons. The van der Waals surface area contributed by atoms with Gasteiger partial charge in [0.25, 0.3) is 11.8 Å². The van der Waals surface area contributed by atoms with Gasteiger partial charge in [-0.1, -0.05) is 0 Å². The van der Waals surface area contributed by atoms with Gasteiger partial charge in [-0.25, -0.2) is 5.43 Å². The topological polar surface area (TPSA) is 89.0 Å². The number of carbonyl (C=O) groups is 2. The molecule has 0 saturated carbocycles. The molecule has 0 fully saturated rings. The highest BCUT2D eigenvalue weighted by atomic mass is 16.5. The maximum atomic E-state index is 12.3. The van der Waals surface area contributed by atoms with Crippen molar-refractivity contribution >= 4 is 23.7 Å². The number of nitrogens with one attached hydrogen (secondary N) is 2. The first kappa shape index (κ1) is 20.6. The summed E-state index contributed by atoms with van der Waals surface area (Å²) in [4.78, 5) is 24.5. The Balaban J connectivity index is 1.55. The molecule has 3 aromatic rings. The van der Waals surface area contributed by atoms with Gasteiger partial charge in [-0.15, -0.1) is 0 Å². The lowest BCUT2D eigenvalue weighted by Gasteiger charge is -2.07. The van der Waals surface area contributed by atoms with E-state index in [2.05, 4.69) is 15.8 Å². The minimum atomic E-state index is -0.354. The second kappa shape index (κ2) is 9.88. The summed E-state index contributed by atoms with van der Waals surface area (Å²) in [5.74, 6) is 0.818. The van der Waals surface area contributed by atoms with Crippen LogP contribution in [-0.4, -0.2) is 32.2 Å². The monoisotopic (exact) mass is 403 g/mol. The molecule has 0 aliphatic rings. The van der Waals surface area contributed by atoms with Crippen LogP contribution < -0.4 is 20.2 Å². The van der Waals surface area contributed by atoms with Crippen molar-refractivity contribution in [3.8, 4) is 11.5 Å². The van der Waals surface area contributed by atoms with Crippen LogP contribution in [0.1, 0.15) is 26.3 Å². The van der Waals surface area contributed by atoms with Crippen LogP contribution in [0.2, 0.25) is 0 Å². The second-order valence-electron chi connectivity index (χ2n) is 6.23. The van der Waals surface area contributed by atoms with E-state index < -0.39 is 0 Å². The maximum absolute atomic E-state index is 12.3. The smallest absolute Gasteiger partial charge is 0.271 e. The first-order chi connectivity index (χ1) is 14.6. The molecule has 30 heavy (non-hydrogen) atoms. The second-order valence-corrected chi connectivity index (χ2v) is 6.23. The highest BCUT2D eigenvalue weighted by molar-refractivity contribution is 6.04. The normalized spacial score (nSPS) is 10.5. The molecule has 0 unspecified atom stereocenters. The van der Waals surface area contributed by atoms with E-state index in [0.29, 0.717) is 22.6 Å². The fraction of sp³-hybridized carbons (Fsp3) is 0.0870. The average Bonchev–Trinajstić information content (AvgIpc) is 2.80. The van der Waals surface area contributed by atoms with Gasteiger partial charge in [0, 0.05) is 16.8 Å². The van der Waals surface area contributed by atoms with Crippen LogP contribution in [0.25, 0.3) is 0 Å². The Hall–Kier alpha value is -4.13. The van der Waals surface area contributed by atoms with Crippen LogP contribution in [0.3, 0.4) is 0 Å². The summed E-state index contributed by atoms with van der Waals surface area (Å²) in [5.41, 5.74) is 4.80. The first-order valence-corrected chi connectivity index (χ1v) is 9.12. The van der Waals surface area contributed by atoms with E-state index in [1.165, 1.54) is 0 Å². The van der Waals surface area contributed by atoms with E-state index in [0.717, 1.165) is 11.3 Å². The Bertz CT molecular complexity index is 1030. The first-order valence-electron chi connectivity index (χ1n) is 9.12. The van der Waals surface area contributed by atoms with Crippen LogP contribution in [-0.2, 0) is 0 Å². The average molecular weight is 403 g/mol. The van der Waals surface area contributed by atoms with Gasteiger partial charge in [0.15, 0.2) is 0 Å². The third kappa shape index (κ3) is 5.45. The van der Waals surface area contributed by atoms with E-state index in [9.17, 15) is 9.59 Å². The summed E-state index contributed by atoms with van der Waals surface area (Å²) in [6.45, 7) is 0. The maximum Gasteiger partial charge on any atom is 0.271 e. The zero-order valence-electron chi connectivity index (χ0n) is 16.6. The highest BCUT2D eigenvalue weighted by Crippen LogP contribution is 2.15. The molecule has 0 spiro atoms. The lowest BCUT2D eigenvalue weighted by Crippen LogP contribution is -2.17. The lowest BCUT2D eigenvalue weighted by atomic mass is 10.1. The summed E-state index contributed by atoms with van der Waals surface area (Å²) in [6, 6.07) is 20.6. The summed E-state index contributed by atoms with van der Waals surface area (Å²) in [7, 11) is 3.16. The van der Waals surface area contributed by atoms with Crippen LogP contribution in [0.4, 0.5) is 5.69 Å². The highest BCUT2D eigenvalue weighted by Gasteiger charge is 2.08. The Morgan fingerprint density at radius 3 is 1.80 bits per heavy atom. The molecule has 0 bridgehead atoms. The van der Waals surface area contributed by atoms with Crippen molar-refractivity contribution in [3.63, 3.8) is 0 Å². The predicted molar refractivity (Wildman–Crippen MR) is 115 cm³/mol. The van der Waals surface area contributed by atoms with E-state index in [1.807, 2.05) is 24.3 Å². The van der Waals surface area contributed by atoms with Crippen molar-refractivity contribution in [2.24, 2.45) is 5.10 Å². The largest absolute Gasteiger partial charge is 0.497 e. The minimum Gasteiger partial charge on any atom is -0.497 e. The van der Waals surface area contributed by atoms with Gasteiger partial charge >= 0.3 is 0 Å². The zero-order chi connectivity index (χ0) is 21.3. The number of methoxy groups -OCH3 is 2. The summed E-state index contributed by atoms with van der Waals surface area (Å²) < 4.78 is 10.2. The molecule has 0 radical (unpaired) electrons. The number of anilines is 1. The van der Waals surface area contributed by atoms with Gasteiger partial charge in [0.1, 0.15) is 11.5 Å². The fourth-order valence-corrected chi connectivity index (χ4v) is 2.57. The van der Waals surface area contributed by atoms with Crippen LogP contribution in [0, 0.1) is 0 Å². The van der Waals surface area contributed by atoms with Crippen molar-refractivity contribution in [2.45, 2.75) is 0 Å². The van der Waals surface area contributed by atoms with Gasteiger partial charge < -0.3 is 14.8 Å². The molecule has 2 amide bonds. The van der Waals surface area contributed by atoms with Crippen molar-refractivity contribution in [3.05, 3.63) is 89.5 Å². The van der Waals surface area contributed by atoms with E-state index >= 15 is 0 Å². The Morgan fingerprint density at radius 1 is 0.733 bits per heavy atom. The molecule has 2 N–H and O–H groups in total.